The minimum atomic E-state index is 0.112. The lowest BCUT2D eigenvalue weighted by atomic mass is 10.0. The fourth-order valence-electron chi connectivity index (χ4n) is 3.66. The quantitative estimate of drug-likeness (QED) is 0.853. The number of anilines is 1. The van der Waals surface area contributed by atoms with Crippen molar-refractivity contribution in [3.63, 3.8) is 0 Å². The lowest BCUT2D eigenvalue weighted by Gasteiger charge is -2.15. The summed E-state index contributed by atoms with van der Waals surface area (Å²) in [5.41, 5.74) is 7.97. The molecule has 1 saturated carbocycles. The molecule has 3 unspecified atom stereocenters. The molecule has 19 heavy (non-hydrogen) atoms. The van der Waals surface area contributed by atoms with Crippen LogP contribution in [0, 0.1) is 12.8 Å². The van der Waals surface area contributed by atoms with Crippen LogP contribution in [0.1, 0.15) is 37.5 Å². The highest BCUT2D eigenvalue weighted by Gasteiger charge is 2.39. The van der Waals surface area contributed by atoms with Crippen molar-refractivity contribution in [1.29, 1.82) is 0 Å². The van der Waals surface area contributed by atoms with Crippen LogP contribution in [0.15, 0.2) is 12.5 Å². The second-order valence-electron chi connectivity index (χ2n) is 5.73. The molecule has 2 N–H and O–H groups in total. The van der Waals surface area contributed by atoms with E-state index in [2.05, 4.69) is 20.7 Å². The van der Waals surface area contributed by atoms with Gasteiger partial charge in [0.1, 0.15) is 24.0 Å². The Balaban J connectivity index is 1.78. The van der Waals surface area contributed by atoms with Crippen molar-refractivity contribution in [2.24, 2.45) is 5.92 Å². The molecular weight excluding hydrogens is 240 g/mol. The van der Waals surface area contributed by atoms with E-state index in [1.165, 1.54) is 25.6 Å². The Hall–Kier alpha value is -1.62. The number of hydrogen-bond donors (Lipinski definition) is 1. The zero-order valence-electron chi connectivity index (χ0n) is 11.0. The van der Waals surface area contributed by atoms with Crippen LogP contribution in [-0.2, 0) is 4.74 Å². The molecule has 1 aliphatic heterocycles. The summed E-state index contributed by atoms with van der Waals surface area (Å²) in [4.78, 5) is 8.47. The maximum Gasteiger partial charge on any atom is 0.147 e. The first-order chi connectivity index (χ1) is 9.24. The van der Waals surface area contributed by atoms with Crippen LogP contribution in [0.5, 0.6) is 0 Å². The monoisotopic (exact) mass is 258 g/mol. The van der Waals surface area contributed by atoms with Crippen molar-refractivity contribution in [3.8, 4) is 0 Å². The minimum Gasteiger partial charge on any atom is -0.383 e. The lowest BCUT2D eigenvalue weighted by molar-refractivity contribution is 0.00196. The summed E-state index contributed by atoms with van der Waals surface area (Å²) in [6, 6.07) is 0. The second kappa shape index (κ2) is 3.93. The van der Waals surface area contributed by atoms with Gasteiger partial charge in [0.15, 0.2) is 0 Å². The Labute approximate surface area is 111 Å². The van der Waals surface area contributed by atoms with E-state index >= 15 is 0 Å². The van der Waals surface area contributed by atoms with Gasteiger partial charge in [0.05, 0.1) is 11.5 Å². The van der Waals surface area contributed by atoms with Crippen molar-refractivity contribution in [1.82, 2.24) is 14.5 Å². The third-order valence-corrected chi connectivity index (χ3v) is 4.56. The molecule has 2 fully saturated rings. The molecule has 2 aromatic heterocycles. The second-order valence-corrected chi connectivity index (χ2v) is 5.73. The van der Waals surface area contributed by atoms with Crippen molar-refractivity contribution in [2.75, 3.05) is 5.73 Å². The van der Waals surface area contributed by atoms with Crippen molar-refractivity contribution < 1.29 is 4.74 Å². The summed E-state index contributed by atoms with van der Waals surface area (Å²) in [6.07, 6.45) is 9.10. The lowest BCUT2D eigenvalue weighted by Crippen LogP contribution is -2.10. The first-order valence-electron chi connectivity index (χ1n) is 6.97. The van der Waals surface area contributed by atoms with E-state index in [1.807, 2.05) is 6.92 Å². The summed E-state index contributed by atoms with van der Waals surface area (Å²) >= 11 is 0. The Morgan fingerprint density at radius 3 is 3.11 bits per heavy atom. The molecule has 2 aromatic rings. The summed E-state index contributed by atoms with van der Waals surface area (Å²) in [6.45, 7) is 2.05. The van der Waals surface area contributed by atoms with Crippen molar-refractivity contribution in [3.05, 3.63) is 18.1 Å². The van der Waals surface area contributed by atoms with Gasteiger partial charge in [-0.05, 0) is 37.7 Å². The third kappa shape index (κ3) is 1.57. The molecule has 0 bridgehead atoms. The molecule has 100 valence electrons. The van der Waals surface area contributed by atoms with E-state index in [-0.39, 0.29) is 6.23 Å². The van der Waals surface area contributed by atoms with Crippen LogP contribution in [0.3, 0.4) is 0 Å². The van der Waals surface area contributed by atoms with Gasteiger partial charge in [-0.15, -0.1) is 0 Å². The number of rotatable bonds is 1. The van der Waals surface area contributed by atoms with Crippen LogP contribution in [0.25, 0.3) is 11.0 Å². The van der Waals surface area contributed by atoms with E-state index in [1.54, 1.807) is 0 Å². The fourth-order valence-corrected chi connectivity index (χ4v) is 3.66. The normalized spacial score (nSPS) is 30.1. The van der Waals surface area contributed by atoms with Crippen LogP contribution in [0.2, 0.25) is 0 Å². The molecule has 3 atom stereocenters. The Morgan fingerprint density at radius 1 is 1.37 bits per heavy atom. The van der Waals surface area contributed by atoms with E-state index in [9.17, 15) is 0 Å². The first-order valence-corrected chi connectivity index (χ1v) is 6.97. The Kier molecular flexibility index (Phi) is 2.33. The van der Waals surface area contributed by atoms with Crippen LogP contribution in [0.4, 0.5) is 5.82 Å². The molecule has 0 spiro atoms. The molecule has 0 radical (unpaired) electrons. The molecule has 3 heterocycles. The summed E-state index contributed by atoms with van der Waals surface area (Å²) in [5, 5.41) is 0.961. The predicted octanol–water partition coefficient (Wildman–Crippen LogP) is 2.41. The van der Waals surface area contributed by atoms with Gasteiger partial charge in [-0.1, -0.05) is 6.42 Å². The SMILES string of the molecule is Cc1cn(C2CC3CCCC3O2)c2ncnc(N)c12. The van der Waals surface area contributed by atoms with Gasteiger partial charge in [0, 0.05) is 6.20 Å². The molecule has 0 aromatic carbocycles. The van der Waals surface area contributed by atoms with Gasteiger partial charge >= 0.3 is 0 Å². The van der Waals surface area contributed by atoms with Gasteiger partial charge in [0.2, 0.25) is 0 Å². The third-order valence-electron chi connectivity index (χ3n) is 4.56. The van der Waals surface area contributed by atoms with Crippen molar-refractivity contribution in [2.45, 2.75) is 44.9 Å². The standard InChI is InChI=1S/C14H18N4O/c1-8-6-18(14-12(8)13(15)16-7-17-14)11-5-9-3-2-4-10(9)19-11/h6-7,9-11H,2-5H2,1H3,(H2,15,16,17). The number of hydrogen-bond acceptors (Lipinski definition) is 4. The van der Waals surface area contributed by atoms with E-state index in [0.717, 1.165) is 28.9 Å². The minimum absolute atomic E-state index is 0.112. The molecular formula is C14H18N4O. The number of nitrogen functional groups attached to an aromatic ring is 1. The maximum absolute atomic E-state index is 6.19. The molecule has 1 aliphatic carbocycles. The molecule has 5 nitrogen and oxygen atoms in total. The highest BCUT2D eigenvalue weighted by molar-refractivity contribution is 5.89. The predicted molar refractivity (Wildman–Crippen MR) is 72.5 cm³/mol. The van der Waals surface area contributed by atoms with Gasteiger partial charge in [-0.25, -0.2) is 9.97 Å². The average Bonchev–Trinajstić information content (AvgIpc) is 3.02. The Morgan fingerprint density at radius 2 is 2.26 bits per heavy atom. The number of fused-ring (bicyclic) bond motifs is 2. The molecule has 1 saturated heterocycles. The van der Waals surface area contributed by atoms with Crippen molar-refractivity contribution >= 4 is 16.9 Å². The maximum atomic E-state index is 6.19. The number of aryl methyl sites for hydroxylation is 1. The fraction of sp³-hybridized carbons (Fsp3) is 0.571. The molecule has 4 rings (SSSR count). The smallest absolute Gasteiger partial charge is 0.147 e. The molecule has 5 heteroatoms. The zero-order valence-corrected chi connectivity index (χ0v) is 11.0. The summed E-state index contributed by atoms with van der Waals surface area (Å²) in [5.74, 6) is 1.28. The van der Waals surface area contributed by atoms with Crippen LogP contribution in [-0.4, -0.2) is 20.6 Å². The van der Waals surface area contributed by atoms with Crippen LogP contribution < -0.4 is 5.73 Å². The van der Waals surface area contributed by atoms with Crippen LogP contribution >= 0.6 is 0 Å². The summed E-state index contributed by atoms with van der Waals surface area (Å²) in [7, 11) is 0. The van der Waals surface area contributed by atoms with E-state index in [0.29, 0.717) is 11.9 Å². The molecule has 0 amide bonds. The van der Waals surface area contributed by atoms with E-state index < -0.39 is 0 Å². The molecule has 2 aliphatic rings. The highest BCUT2D eigenvalue weighted by atomic mass is 16.5. The number of nitrogens with zero attached hydrogens (tertiary/aromatic N) is 3. The zero-order chi connectivity index (χ0) is 13.0. The summed E-state index contributed by atoms with van der Waals surface area (Å²) < 4.78 is 8.33. The first kappa shape index (κ1) is 11.2. The highest BCUT2D eigenvalue weighted by Crippen LogP contribution is 2.44. The van der Waals surface area contributed by atoms with Gasteiger partial charge in [-0.2, -0.15) is 0 Å². The average molecular weight is 258 g/mol. The topological polar surface area (TPSA) is 66.0 Å². The largest absolute Gasteiger partial charge is 0.383 e. The van der Waals surface area contributed by atoms with Gasteiger partial charge in [0.25, 0.3) is 0 Å². The van der Waals surface area contributed by atoms with E-state index in [4.69, 9.17) is 10.5 Å². The number of aromatic nitrogens is 3. The Bertz CT molecular complexity index is 624. The number of ether oxygens (including phenoxy) is 1. The van der Waals surface area contributed by atoms with Gasteiger partial charge in [-0.3, -0.25) is 0 Å². The number of nitrogens with two attached hydrogens (primary N) is 1. The van der Waals surface area contributed by atoms with Gasteiger partial charge < -0.3 is 15.0 Å².